The van der Waals surface area contributed by atoms with Gasteiger partial charge in [-0.05, 0) is 35.3 Å². The van der Waals surface area contributed by atoms with Crippen LogP contribution >= 0.6 is 23.6 Å². The highest BCUT2D eigenvalue weighted by Crippen LogP contribution is 2.23. The Morgan fingerprint density at radius 1 is 1.29 bits per heavy atom. The molecule has 2 amide bonds. The van der Waals surface area contributed by atoms with Gasteiger partial charge in [0.1, 0.15) is 0 Å². The van der Waals surface area contributed by atoms with Crippen molar-refractivity contribution in [1.29, 1.82) is 0 Å². The quantitative estimate of drug-likeness (QED) is 0.577. The Bertz CT molecular complexity index is 1020. The zero-order valence-electron chi connectivity index (χ0n) is 15.6. The fourth-order valence-corrected chi connectivity index (χ4v) is 3.64. The Hall–Kier alpha value is -2.78. The summed E-state index contributed by atoms with van der Waals surface area (Å²) in [6.07, 6.45) is 0.253. The molecule has 1 aromatic carbocycles. The summed E-state index contributed by atoms with van der Waals surface area (Å²) < 4.78 is 2.32. The maximum absolute atomic E-state index is 12.5. The van der Waals surface area contributed by atoms with Gasteiger partial charge < -0.3 is 10.2 Å². The van der Waals surface area contributed by atoms with Gasteiger partial charge in [0.2, 0.25) is 11.8 Å². The standard InChI is InChI=1S/C19H21N5O2S2/c1-13(25)23(2)12-14-6-3-4-7-15(14)20-17(26)9-10-24-18(21-22-19(24)27)16-8-5-11-28-16/h3-8,11H,9-10,12H2,1-2H3,(H,20,26)(H,22,27). The molecule has 0 bridgehead atoms. The number of H-pyrrole nitrogens is 1. The molecule has 0 aliphatic heterocycles. The molecule has 0 unspecified atom stereocenters. The number of nitrogens with one attached hydrogen (secondary N) is 2. The third kappa shape index (κ3) is 4.73. The van der Waals surface area contributed by atoms with Crippen LogP contribution in [0.3, 0.4) is 0 Å². The van der Waals surface area contributed by atoms with E-state index in [4.69, 9.17) is 12.2 Å². The molecule has 0 radical (unpaired) electrons. The molecule has 0 aliphatic rings. The molecule has 2 N–H and O–H groups in total. The second-order valence-corrected chi connectivity index (χ2v) is 7.65. The van der Waals surface area contributed by atoms with Gasteiger partial charge in [-0.25, -0.2) is 0 Å². The number of aromatic nitrogens is 3. The van der Waals surface area contributed by atoms with E-state index < -0.39 is 0 Å². The van der Waals surface area contributed by atoms with Gasteiger partial charge in [0.25, 0.3) is 0 Å². The first-order valence-electron chi connectivity index (χ1n) is 8.74. The lowest BCUT2D eigenvalue weighted by molar-refractivity contribution is -0.128. The minimum absolute atomic E-state index is 0.0310. The molecule has 0 saturated carbocycles. The lowest BCUT2D eigenvalue weighted by Gasteiger charge is -2.18. The zero-order chi connectivity index (χ0) is 20.1. The van der Waals surface area contributed by atoms with E-state index in [9.17, 15) is 9.59 Å². The number of thiophene rings is 1. The Morgan fingerprint density at radius 3 is 2.79 bits per heavy atom. The van der Waals surface area contributed by atoms with E-state index in [-0.39, 0.29) is 18.2 Å². The summed E-state index contributed by atoms with van der Waals surface area (Å²) in [5.74, 6) is 0.575. The van der Waals surface area contributed by atoms with Crippen molar-refractivity contribution in [2.45, 2.75) is 26.4 Å². The molecular formula is C19H21N5O2S2. The molecule has 9 heteroatoms. The number of carbonyl (C=O) groups excluding carboxylic acids is 2. The number of carbonyl (C=O) groups is 2. The van der Waals surface area contributed by atoms with Gasteiger partial charge in [-0.3, -0.25) is 19.3 Å². The summed E-state index contributed by atoms with van der Waals surface area (Å²) in [4.78, 5) is 26.6. The Kier molecular flexibility index (Phi) is 6.37. The third-order valence-corrected chi connectivity index (χ3v) is 5.48. The number of anilines is 1. The van der Waals surface area contributed by atoms with Crippen LogP contribution in [0.1, 0.15) is 18.9 Å². The van der Waals surface area contributed by atoms with Crippen LogP contribution < -0.4 is 5.32 Å². The number of benzene rings is 1. The number of nitrogens with zero attached hydrogens (tertiary/aromatic N) is 3. The van der Waals surface area contributed by atoms with Crippen LogP contribution in [0, 0.1) is 4.77 Å². The normalized spacial score (nSPS) is 10.6. The van der Waals surface area contributed by atoms with Gasteiger partial charge in [-0.1, -0.05) is 24.3 Å². The van der Waals surface area contributed by atoms with Crippen LogP contribution in [0.5, 0.6) is 0 Å². The van der Waals surface area contributed by atoms with Crippen molar-refractivity contribution >= 4 is 41.1 Å². The van der Waals surface area contributed by atoms with Gasteiger partial charge in [0.05, 0.1) is 4.88 Å². The van der Waals surface area contributed by atoms with Crippen LogP contribution in [0.4, 0.5) is 5.69 Å². The minimum Gasteiger partial charge on any atom is -0.342 e. The molecule has 2 aromatic heterocycles. The number of aromatic amines is 1. The monoisotopic (exact) mass is 415 g/mol. The molecule has 0 aliphatic carbocycles. The van der Waals surface area contributed by atoms with E-state index in [0.29, 0.717) is 23.5 Å². The fraction of sp³-hybridized carbons (Fsp3) is 0.263. The van der Waals surface area contributed by atoms with Crippen LogP contribution in [0.2, 0.25) is 0 Å². The predicted octanol–water partition coefficient (Wildman–Crippen LogP) is 3.68. The van der Waals surface area contributed by atoms with E-state index in [0.717, 1.165) is 16.3 Å². The molecule has 146 valence electrons. The average molecular weight is 416 g/mol. The first-order chi connectivity index (χ1) is 13.5. The van der Waals surface area contributed by atoms with Crippen LogP contribution in [0.15, 0.2) is 41.8 Å². The second-order valence-electron chi connectivity index (χ2n) is 6.31. The van der Waals surface area contributed by atoms with Crippen LogP contribution in [-0.4, -0.2) is 38.5 Å². The third-order valence-electron chi connectivity index (χ3n) is 4.30. The molecule has 0 atom stereocenters. The molecule has 0 fully saturated rings. The van der Waals surface area contributed by atoms with Gasteiger partial charge >= 0.3 is 0 Å². The fourth-order valence-electron chi connectivity index (χ4n) is 2.69. The van der Waals surface area contributed by atoms with E-state index in [1.54, 1.807) is 23.3 Å². The van der Waals surface area contributed by atoms with Crippen molar-refractivity contribution in [3.63, 3.8) is 0 Å². The zero-order valence-corrected chi connectivity index (χ0v) is 17.3. The topological polar surface area (TPSA) is 83.0 Å². The highest BCUT2D eigenvalue weighted by atomic mass is 32.1. The number of hydrogen-bond donors (Lipinski definition) is 2. The van der Waals surface area contributed by atoms with Crippen molar-refractivity contribution in [3.05, 3.63) is 52.1 Å². The van der Waals surface area contributed by atoms with Crippen molar-refractivity contribution in [3.8, 4) is 10.7 Å². The predicted molar refractivity (Wildman–Crippen MR) is 113 cm³/mol. The van der Waals surface area contributed by atoms with Crippen LogP contribution in [-0.2, 0) is 22.7 Å². The lowest BCUT2D eigenvalue weighted by atomic mass is 10.1. The van der Waals surface area contributed by atoms with Gasteiger partial charge in [0, 0.05) is 39.2 Å². The van der Waals surface area contributed by atoms with Gasteiger partial charge in [0.15, 0.2) is 10.6 Å². The summed E-state index contributed by atoms with van der Waals surface area (Å²) in [7, 11) is 1.73. The summed E-state index contributed by atoms with van der Waals surface area (Å²) in [6.45, 7) is 2.37. The minimum atomic E-state index is -0.127. The maximum Gasteiger partial charge on any atom is 0.226 e. The van der Waals surface area contributed by atoms with E-state index in [1.165, 1.54) is 6.92 Å². The number of rotatable bonds is 7. The number of para-hydroxylation sites is 1. The molecule has 7 nitrogen and oxygen atoms in total. The van der Waals surface area contributed by atoms with Gasteiger partial charge in [-0.15, -0.1) is 11.3 Å². The summed E-state index contributed by atoms with van der Waals surface area (Å²) in [5, 5.41) is 12.0. The first-order valence-corrected chi connectivity index (χ1v) is 10.0. The molecule has 0 saturated heterocycles. The smallest absolute Gasteiger partial charge is 0.226 e. The number of amides is 2. The molecule has 3 rings (SSSR count). The van der Waals surface area contributed by atoms with E-state index >= 15 is 0 Å². The summed E-state index contributed by atoms with van der Waals surface area (Å²) in [6, 6.07) is 11.4. The molecule has 0 spiro atoms. The highest BCUT2D eigenvalue weighted by molar-refractivity contribution is 7.71. The van der Waals surface area contributed by atoms with Gasteiger partial charge in [-0.2, -0.15) is 5.10 Å². The molecular weight excluding hydrogens is 394 g/mol. The average Bonchev–Trinajstić information content (AvgIpc) is 3.31. The Labute approximate surface area is 172 Å². The Balaban J connectivity index is 1.67. The highest BCUT2D eigenvalue weighted by Gasteiger charge is 2.13. The van der Waals surface area contributed by atoms with Crippen molar-refractivity contribution in [1.82, 2.24) is 19.7 Å². The summed E-state index contributed by atoms with van der Waals surface area (Å²) >= 11 is 6.87. The number of hydrogen-bond acceptors (Lipinski definition) is 5. The molecule has 28 heavy (non-hydrogen) atoms. The maximum atomic E-state index is 12.5. The second kappa shape index (κ2) is 8.94. The summed E-state index contributed by atoms with van der Waals surface area (Å²) in [5.41, 5.74) is 1.59. The van der Waals surface area contributed by atoms with Crippen molar-refractivity contribution < 1.29 is 9.59 Å². The van der Waals surface area contributed by atoms with Crippen molar-refractivity contribution in [2.75, 3.05) is 12.4 Å². The van der Waals surface area contributed by atoms with Crippen molar-refractivity contribution in [2.24, 2.45) is 0 Å². The van der Waals surface area contributed by atoms with E-state index in [1.807, 2.05) is 46.3 Å². The van der Waals surface area contributed by atoms with Crippen LogP contribution in [0.25, 0.3) is 10.7 Å². The SMILES string of the molecule is CC(=O)N(C)Cc1ccccc1NC(=O)CCn1c(-c2cccs2)n[nH]c1=S. The Morgan fingerprint density at radius 2 is 2.07 bits per heavy atom. The largest absolute Gasteiger partial charge is 0.342 e. The molecule has 3 aromatic rings. The van der Waals surface area contributed by atoms with E-state index in [2.05, 4.69) is 15.5 Å². The first kappa shape index (κ1) is 20.0. The molecule has 2 heterocycles. The lowest BCUT2D eigenvalue weighted by Crippen LogP contribution is -2.24.